The molecule has 46 heavy (non-hydrogen) atoms. The van der Waals surface area contributed by atoms with E-state index in [-0.39, 0.29) is 0 Å². The molecular formula is C40H21B2N3S. The maximum atomic E-state index is 6.59. The van der Waals surface area contributed by atoms with Gasteiger partial charge in [0.15, 0.2) is 0 Å². The van der Waals surface area contributed by atoms with Crippen LogP contribution in [-0.2, 0) is 0 Å². The quantitative estimate of drug-likeness (QED) is 0.187. The predicted octanol–water partition coefficient (Wildman–Crippen LogP) is 8.66. The lowest BCUT2D eigenvalue weighted by molar-refractivity contribution is 1.02. The first-order chi connectivity index (χ1) is 22.7. The summed E-state index contributed by atoms with van der Waals surface area (Å²) >= 11 is 1.83. The molecule has 0 N–H and O–H groups in total. The smallest absolute Gasteiger partial charge is 0.235 e. The fraction of sp³-hybridized carbons (Fsp3) is 0. The molecule has 0 atom stereocenters. The fourth-order valence-corrected chi connectivity index (χ4v) is 8.57. The minimum atomic E-state index is 0.584. The van der Waals surface area contributed by atoms with Gasteiger partial charge in [0.2, 0.25) is 5.95 Å². The third-order valence-electron chi connectivity index (χ3n) is 9.26. The monoisotopic (exact) mass is 597 g/mol. The van der Waals surface area contributed by atoms with Crippen LogP contribution < -0.4 is 10.9 Å². The molecule has 0 spiro atoms. The summed E-state index contributed by atoms with van der Waals surface area (Å²) < 4.78 is 4.76. The molecule has 0 aliphatic rings. The molecule has 0 aliphatic carbocycles. The van der Waals surface area contributed by atoms with Crippen molar-refractivity contribution < 1.29 is 0 Å². The molecular weight excluding hydrogens is 576 g/mol. The number of rotatable bonds is 2. The molecule has 4 radical (unpaired) electrons. The molecule has 7 aromatic carbocycles. The number of benzene rings is 7. The van der Waals surface area contributed by atoms with Gasteiger partial charge >= 0.3 is 0 Å². The number of nitrogens with zero attached hydrogens (tertiary/aromatic N) is 3. The lowest BCUT2D eigenvalue weighted by Gasteiger charge is -2.14. The van der Waals surface area contributed by atoms with Crippen molar-refractivity contribution in [2.75, 3.05) is 0 Å². The molecule has 0 saturated carbocycles. The van der Waals surface area contributed by atoms with Gasteiger partial charge < -0.3 is 0 Å². The maximum Gasteiger partial charge on any atom is 0.235 e. The first-order valence-corrected chi connectivity index (χ1v) is 16.1. The third kappa shape index (κ3) is 3.50. The summed E-state index contributed by atoms with van der Waals surface area (Å²) in [5, 5.41) is 10.8. The first-order valence-electron chi connectivity index (χ1n) is 15.3. The van der Waals surface area contributed by atoms with Gasteiger partial charge in [0.05, 0.1) is 26.9 Å². The summed E-state index contributed by atoms with van der Waals surface area (Å²) in [6.45, 7) is 0. The van der Waals surface area contributed by atoms with Crippen molar-refractivity contribution in [1.82, 2.24) is 14.5 Å². The maximum absolute atomic E-state index is 6.59. The lowest BCUT2D eigenvalue weighted by atomic mass is 9.82. The molecule has 0 aliphatic heterocycles. The number of hydrogen-bond donors (Lipinski definition) is 0. The van der Waals surface area contributed by atoms with Crippen LogP contribution in [0.4, 0.5) is 0 Å². The predicted molar refractivity (Wildman–Crippen MR) is 198 cm³/mol. The molecule has 0 bridgehead atoms. The van der Waals surface area contributed by atoms with Crippen LogP contribution in [0.1, 0.15) is 0 Å². The van der Waals surface area contributed by atoms with Gasteiger partial charge in [-0.3, -0.25) is 4.57 Å². The van der Waals surface area contributed by atoms with Gasteiger partial charge in [0, 0.05) is 31.6 Å². The van der Waals surface area contributed by atoms with Crippen molar-refractivity contribution in [3.05, 3.63) is 127 Å². The Morgan fingerprint density at radius 2 is 1.26 bits per heavy atom. The molecule has 0 amide bonds. The van der Waals surface area contributed by atoms with Gasteiger partial charge in [-0.25, -0.2) is 9.97 Å². The third-order valence-corrected chi connectivity index (χ3v) is 10.4. The summed E-state index contributed by atoms with van der Waals surface area (Å²) in [6.07, 6.45) is 0. The van der Waals surface area contributed by atoms with E-state index in [0.29, 0.717) is 16.9 Å². The van der Waals surface area contributed by atoms with Crippen molar-refractivity contribution in [1.29, 1.82) is 0 Å². The summed E-state index contributed by atoms with van der Waals surface area (Å²) in [6, 6.07) is 44.4. The van der Waals surface area contributed by atoms with Gasteiger partial charge in [0.25, 0.3) is 0 Å². The summed E-state index contributed by atoms with van der Waals surface area (Å²) in [7, 11) is 12.7. The van der Waals surface area contributed by atoms with Gasteiger partial charge in [-0.15, -0.1) is 11.3 Å². The molecule has 3 aromatic heterocycles. The Labute approximate surface area is 270 Å². The Morgan fingerprint density at radius 3 is 2.09 bits per heavy atom. The van der Waals surface area contributed by atoms with Gasteiger partial charge in [-0.1, -0.05) is 120 Å². The van der Waals surface area contributed by atoms with E-state index >= 15 is 0 Å². The Hall–Kier alpha value is -5.45. The van der Waals surface area contributed by atoms with Gasteiger partial charge in [0.1, 0.15) is 15.7 Å². The van der Waals surface area contributed by atoms with E-state index in [1.807, 2.05) is 41.7 Å². The zero-order valence-electron chi connectivity index (χ0n) is 24.5. The molecule has 10 rings (SSSR count). The summed E-state index contributed by atoms with van der Waals surface area (Å²) in [5.41, 5.74) is 5.85. The van der Waals surface area contributed by atoms with E-state index in [9.17, 15) is 0 Å². The molecule has 208 valence electrons. The minimum Gasteiger partial charge on any atom is -0.276 e. The number of para-hydroxylation sites is 1. The lowest BCUT2D eigenvalue weighted by Crippen LogP contribution is -2.16. The SMILES string of the molecule is [B]c1ccc(-c2nc(-n3c4ccc5ccccc5c4c4c5ccccc5c5c6ccccc6sc5c43)nc3ccccc23)c([B])c1. The average Bonchev–Trinajstić information content (AvgIpc) is 3.65. The van der Waals surface area contributed by atoms with Crippen LogP contribution in [-0.4, -0.2) is 30.2 Å². The van der Waals surface area contributed by atoms with Crippen LogP contribution in [0.25, 0.3) is 91.6 Å². The molecule has 3 heterocycles. The molecule has 3 nitrogen and oxygen atoms in total. The largest absolute Gasteiger partial charge is 0.276 e. The highest BCUT2D eigenvalue weighted by atomic mass is 32.1. The Kier molecular flexibility index (Phi) is 5.35. The van der Waals surface area contributed by atoms with Crippen molar-refractivity contribution >= 4 is 112 Å². The van der Waals surface area contributed by atoms with E-state index in [2.05, 4.69) is 95.6 Å². The van der Waals surface area contributed by atoms with Crippen LogP contribution in [0, 0.1) is 0 Å². The highest BCUT2D eigenvalue weighted by Gasteiger charge is 2.25. The molecule has 6 heteroatoms. The van der Waals surface area contributed by atoms with Crippen molar-refractivity contribution in [2.45, 2.75) is 0 Å². The summed E-state index contributed by atoms with van der Waals surface area (Å²) in [4.78, 5) is 10.6. The van der Waals surface area contributed by atoms with E-state index in [0.717, 1.165) is 33.2 Å². The van der Waals surface area contributed by atoms with E-state index in [1.165, 1.54) is 52.5 Å². The van der Waals surface area contributed by atoms with Crippen LogP contribution in [0.3, 0.4) is 0 Å². The van der Waals surface area contributed by atoms with Crippen molar-refractivity contribution in [3.8, 4) is 17.2 Å². The fourth-order valence-electron chi connectivity index (χ4n) is 7.31. The van der Waals surface area contributed by atoms with E-state index in [4.69, 9.17) is 25.7 Å². The minimum absolute atomic E-state index is 0.584. The number of fused-ring (bicyclic) bond motifs is 13. The Morgan fingerprint density at radius 1 is 0.565 bits per heavy atom. The van der Waals surface area contributed by atoms with E-state index in [1.54, 1.807) is 6.07 Å². The Bertz CT molecular complexity index is 2900. The van der Waals surface area contributed by atoms with Gasteiger partial charge in [-0.2, -0.15) is 0 Å². The zero-order chi connectivity index (χ0) is 30.5. The van der Waals surface area contributed by atoms with Crippen molar-refractivity contribution in [2.24, 2.45) is 0 Å². The Balaban J connectivity index is 1.48. The first kappa shape index (κ1) is 25.8. The van der Waals surface area contributed by atoms with Crippen molar-refractivity contribution in [3.63, 3.8) is 0 Å². The molecule has 10 aromatic rings. The highest BCUT2D eigenvalue weighted by molar-refractivity contribution is 7.27. The highest BCUT2D eigenvalue weighted by Crippen LogP contribution is 2.49. The molecule has 0 saturated heterocycles. The second-order valence-corrected chi connectivity index (χ2v) is 12.9. The number of aromatic nitrogens is 3. The average molecular weight is 597 g/mol. The van der Waals surface area contributed by atoms with Crippen LogP contribution in [0.5, 0.6) is 0 Å². The van der Waals surface area contributed by atoms with Crippen LogP contribution in [0.2, 0.25) is 0 Å². The van der Waals surface area contributed by atoms with Crippen LogP contribution in [0.15, 0.2) is 127 Å². The normalized spacial score (nSPS) is 12.1. The van der Waals surface area contributed by atoms with E-state index < -0.39 is 0 Å². The topological polar surface area (TPSA) is 30.7 Å². The molecule has 0 unspecified atom stereocenters. The van der Waals surface area contributed by atoms with Gasteiger partial charge in [-0.05, 0) is 45.3 Å². The molecule has 0 fully saturated rings. The van der Waals surface area contributed by atoms with Crippen LogP contribution >= 0.6 is 11.3 Å². The standard InChI is InChI=1S/C40H21B2N3S/c41-23-18-19-27(30(42)21-23)37-28-13-5-7-15-31(28)43-40(44-37)45-32-20-17-22-9-1-2-10-24(22)35(32)36-26-12-4-3-11-25(26)34-29-14-6-8-16-33(29)46-39(34)38(36)45/h1-21H. The number of thiophene rings is 1. The number of hydrogen-bond acceptors (Lipinski definition) is 3. The zero-order valence-corrected chi connectivity index (χ0v) is 25.3. The second-order valence-electron chi connectivity index (χ2n) is 11.8. The second kappa shape index (κ2) is 9.53. The summed E-state index contributed by atoms with van der Waals surface area (Å²) in [5.74, 6) is 0.606.